The summed E-state index contributed by atoms with van der Waals surface area (Å²) in [7, 11) is 1.82. The highest BCUT2D eigenvalue weighted by molar-refractivity contribution is 6.06. The number of carbonyl (C=O) groups excluding carboxylic acids is 2. The van der Waals surface area contributed by atoms with Gasteiger partial charge in [-0.15, -0.1) is 0 Å². The highest BCUT2D eigenvalue weighted by Crippen LogP contribution is 2.31. The van der Waals surface area contributed by atoms with Crippen LogP contribution in [0.1, 0.15) is 34.1 Å². The Labute approximate surface area is 210 Å². The molecule has 4 aromatic rings. The molecule has 4 aromatic carbocycles. The molecule has 0 saturated heterocycles. The standard InChI is InChI=1S/C29H28N4O3/c1-3-28(34)18-4-10-22(11-5-18)36-23-12-6-19(7-13-23)29(35)33-27-15-9-21(17-25(27)31)20-8-14-26(32-2)24(30)16-20/h4-17,32H,3,30-31H2,1-2H3,(H,33,35). The van der Waals surface area contributed by atoms with Gasteiger partial charge in [0, 0.05) is 24.6 Å². The van der Waals surface area contributed by atoms with Crippen LogP contribution in [0.2, 0.25) is 0 Å². The van der Waals surface area contributed by atoms with Gasteiger partial charge in [0.2, 0.25) is 0 Å². The zero-order valence-corrected chi connectivity index (χ0v) is 20.2. The van der Waals surface area contributed by atoms with E-state index in [9.17, 15) is 9.59 Å². The van der Waals surface area contributed by atoms with E-state index < -0.39 is 0 Å². The second kappa shape index (κ2) is 10.7. The first-order valence-corrected chi connectivity index (χ1v) is 11.6. The maximum Gasteiger partial charge on any atom is 0.255 e. The zero-order valence-electron chi connectivity index (χ0n) is 20.2. The summed E-state index contributed by atoms with van der Waals surface area (Å²) in [6, 6.07) is 25.0. The van der Waals surface area contributed by atoms with Gasteiger partial charge in [0.1, 0.15) is 11.5 Å². The van der Waals surface area contributed by atoms with Gasteiger partial charge in [-0.25, -0.2) is 0 Å². The topological polar surface area (TPSA) is 119 Å². The van der Waals surface area contributed by atoms with Gasteiger partial charge in [-0.1, -0.05) is 19.1 Å². The molecular weight excluding hydrogens is 452 g/mol. The number of benzene rings is 4. The summed E-state index contributed by atoms with van der Waals surface area (Å²) in [5, 5.41) is 5.89. The number of Topliss-reactive ketones (excluding diaryl/α,β-unsaturated/α-hetero) is 1. The summed E-state index contributed by atoms with van der Waals surface area (Å²) < 4.78 is 5.82. The van der Waals surface area contributed by atoms with Gasteiger partial charge < -0.3 is 26.8 Å². The first kappa shape index (κ1) is 24.3. The molecule has 0 radical (unpaired) electrons. The number of nitrogen functional groups attached to an aromatic ring is 2. The molecule has 0 saturated carbocycles. The Kier molecular flexibility index (Phi) is 7.20. The number of anilines is 4. The third kappa shape index (κ3) is 5.47. The third-order valence-corrected chi connectivity index (χ3v) is 5.80. The molecule has 7 heteroatoms. The molecule has 36 heavy (non-hydrogen) atoms. The number of hydrogen-bond acceptors (Lipinski definition) is 6. The molecular formula is C29H28N4O3. The number of ketones is 1. The molecule has 0 fully saturated rings. The summed E-state index contributed by atoms with van der Waals surface area (Å²) >= 11 is 0. The smallest absolute Gasteiger partial charge is 0.255 e. The first-order valence-electron chi connectivity index (χ1n) is 11.6. The van der Waals surface area contributed by atoms with E-state index in [0.29, 0.717) is 46.1 Å². The zero-order chi connectivity index (χ0) is 25.7. The van der Waals surface area contributed by atoms with Crippen molar-refractivity contribution in [3.05, 3.63) is 96.1 Å². The van der Waals surface area contributed by atoms with Crippen LogP contribution in [-0.2, 0) is 0 Å². The summed E-state index contributed by atoms with van der Waals surface area (Å²) in [5.41, 5.74) is 17.7. The molecule has 0 aliphatic carbocycles. The lowest BCUT2D eigenvalue weighted by molar-refractivity contribution is 0.0986. The Balaban J connectivity index is 1.41. The molecule has 1 amide bonds. The lowest BCUT2D eigenvalue weighted by Crippen LogP contribution is -2.13. The van der Waals surface area contributed by atoms with E-state index in [-0.39, 0.29) is 11.7 Å². The monoisotopic (exact) mass is 480 g/mol. The lowest BCUT2D eigenvalue weighted by Gasteiger charge is -2.12. The number of nitrogens with two attached hydrogens (primary N) is 2. The lowest BCUT2D eigenvalue weighted by atomic mass is 10.0. The van der Waals surface area contributed by atoms with Crippen molar-refractivity contribution in [3.63, 3.8) is 0 Å². The van der Waals surface area contributed by atoms with Gasteiger partial charge in [-0.2, -0.15) is 0 Å². The van der Waals surface area contributed by atoms with E-state index in [4.69, 9.17) is 16.2 Å². The van der Waals surface area contributed by atoms with Gasteiger partial charge in [-0.05, 0) is 83.9 Å². The maximum atomic E-state index is 12.8. The van der Waals surface area contributed by atoms with E-state index in [1.54, 1.807) is 60.7 Å². The molecule has 0 bridgehead atoms. The number of nitrogens with one attached hydrogen (secondary N) is 2. The number of rotatable bonds is 8. The minimum atomic E-state index is -0.286. The predicted octanol–water partition coefficient (Wildman–Crippen LogP) is 6.20. The second-order valence-corrected chi connectivity index (χ2v) is 8.24. The fourth-order valence-corrected chi connectivity index (χ4v) is 3.74. The average molecular weight is 481 g/mol. The van der Waals surface area contributed by atoms with E-state index in [2.05, 4.69) is 10.6 Å². The quantitative estimate of drug-likeness (QED) is 0.176. The van der Waals surface area contributed by atoms with E-state index in [1.807, 2.05) is 38.2 Å². The molecule has 6 N–H and O–H groups in total. The van der Waals surface area contributed by atoms with Crippen LogP contribution in [-0.4, -0.2) is 18.7 Å². The minimum Gasteiger partial charge on any atom is -0.457 e. The fraction of sp³-hybridized carbons (Fsp3) is 0.103. The Hall–Kier alpha value is -4.78. The highest BCUT2D eigenvalue weighted by Gasteiger charge is 2.11. The second-order valence-electron chi connectivity index (χ2n) is 8.24. The Bertz CT molecular complexity index is 1400. The number of ether oxygens (including phenoxy) is 1. The third-order valence-electron chi connectivity index (χ3n) is 5.80. The van der Waals surface area contributed by atoms with Crippen molar-refractivity contribution < 1.29 is 14.3 Å². The SMILES string of the molecule is CCC(=O)c1ccc(Oc2ccc(C(=O)Nc3ccc(-c4ccc(NC)c(N)c4)cc3N)cc2)cc1. The van der Waals surface area contributed by atoms with E-state index in [1.165, 1.54) is 0 Å². The first-order chi connectivity index (χ1) is 17.4. The summed E-state index contributed by atoms with van der Waals surface area (Å²) in [6.07, 6.45) is 0.458. The van der Waals surface area contributed by atoms with Crippen LogP contribution in [0.25, 0.3) is 11.1 Å². The summed E-state index contributed by atoms with van der Waals surface area (Å²) in [4.78, 5) is 24.5. The largest absolute Gasteiger partial charge is 0.457 e. The van der Waals surface area contributed by atoms with Crippen LogP contribution in [0.15, 0.2) is 84.9 Å². The van der Waals surface area contributed by atoms with E-state index >= 15 is 0 Å². The normalized spacial score (nSPS) is 10.5. The van der Waals surface area contributed by atoms with Gasteiger partial charge in [0.15, 0.2) is 5.78 Å². The van der Waals surface area contributed by atoms with Crippen molar-refractivity contribution in [1.82, 2.24) is 0 Å². The molecule has 0 heterocycles. The fourth-order valence-electron chi connectivity index (χ4n) is 3.74. The molecule has 7 nitrogen and oxygen atoms in total. The maximum absolute atomic E-state index is 12.8. The van der Waals surface area contributed by atoms with Crippen molar-refractivity contribution in [2.24, 2.45) is 0 Å². The predicted molar refractivity (Wildman–Crippen MR) is 146 cm³/mol. The van der Waals surface area contributed by atoms with Gasteiger partial charge in [0.25, 0.3) is 5.91 Å². The van der Waals surface area contributed by atoms with Gasteiger partial charge in [0.05, 0.1) is 22.7 Å². The molecule has 0 spiro atoms. The van der Waals surface area contributed by atoms with Crippen LogP contribution >= 0.6 is 0 Å². The molecule has 0 aliphatic heterocycles. The molecule has 0 atom stereocenters. The molecule has 0 aromatic heterocycles. The molecule has 0 unspecified atom stereocenters. The molecule has 0 aliphatic rings. The van der Waals surface area contributed by atoms with Crippen molar-refractivity contribution in [2.45, 2.75) is 13.3 Å². The van der Waals surface area contributed by atoms with E-state index in [0.717, 1.165) is 16.8 Å². The number of carbonyl (C=O) groups is 2. The van der Waals surface area contributed by atoms with Crippen LogP contribution in [0, 0.1) is 0 Å². The Morgan fingerprint density at radius 3 is 1.69 bits per heavy atom. The van der Waals surface area contributed by atoms with Crippen molar-refractivity contribution >= 4 is 34.4 Å². The van der Waals surface area contributed by atoms with Crippen molar-refractivity contribution in [2.75, 3.05) is 29.1 Å². The Morgan fingerprint density at radius 2 is 1.22 bits per heavy atom. The molecule has 4 rings (SSSR count). The summed E-state index contributed by atoms with van der Waals surface area (Å²) in [5.74, 6) is 0.981. The average Bonchev–Trinajstić information content (AvgIpc) is 2.90. The van der Waals surface area contributed by atoms with Gasteiger partial charge >= 0.3 is 0 Å². The highest BCUT2D eigenvalue weighted by atomic mass is 16.5. The van der Waals surface area contributed by atoms with Gasteiger partial charge in [-0.3, -0.25) is 9.59 Å². The number of amides is 1. The van der Waals surface area contributed by atoms with Crippen LogP contribution in [0.5, 0.6) is 11.5 Å². The molecule has 182 valence electrons. The van der Waals surface area contributed by atoms with Crippen LogP contribution in [0.4, 0.5) is 22.7 Å². The van der Waals surface area contributed by atoms with Crippen LogP contribution < -0.4 is 26.8 Å². The van der Waals surface area contributed by atoms with Crippen molar-refractivity contribution in [1.29, 1.82) is 0 Å². The summed E-state index contributed by atoms with van der Waals surface area (Å²) in [6.45, 7) is 1.83. The Morgan fingerprint density at radius 1 is 0.722 bits per heavy atom. The van der Waals surface area contributed by atoms with Crippen LogP contribution in [0.3, 0.4) is 0 Å². The van der Waals surface area contributed by atoms with Crippen molar-refractivity contribution in [3.8, 4) is 22.6 Å². The number of hydrogen-bond donors (Lipinski definition) is 4. The minimum absolute atomic E-state index is 0.0834.